The molecule has 5 heteroatoms. The Kier molecular flexibility index (Phi) is 3.32. The monoisotopic (exact) mass is 237 g/mol. The van der Waals surface area contributed by atoms with E-state index < -0.39 is 0 Å². The van der Waals surface area contributed by atoms with Crippen LogP contribution in [-0.4, -0.2) is 11.2 Å². The first kappa shape index (κ1) is 10.1. The van der Waals surface area contributed by atoms with Gasteiger partial charge in [0.25, 0.3) is 0 Å². The zero-order valence-electron chi connectivity index (χ0n) is 7.72. The van der Waals surface area contributed by atoms with Crippen molar-refractivity contribution < 1.29 is 0 Å². The highest BCUT2D eigenvalue weighted by atomic mass is 35.5. The fourth-order valence-corrected chi connectivity index (χ4v) is 1.70. The summed E-state index contributed by atoms with van der Waals surface area (Å²) in [7, 11) is 0. The molecule has 76 valence electrons. The van der Waals surface area contributed by atoms with Gasteiger partial charge in [-0.25, -0.2) is 4.98 Å². The fraction of sp³-hybridized carbons (Fsp3) is 0. The molecule has 2 aromatic rings. The van der Waals surface area contributed by atoms with Gasteiger partial charge in [-0.3, -0.25) is 5.43 Å². The number of aromatic nitrogens is 1. The normalized spacial score (nSPS) is 10.7. The summed E-state index contributed by atoms with van der Waals surface area (Å²) in [6, 6.07) is 7.48. The van der Waals surface area contributed by atoms with E-state index in [9.17, 15) is 0 Å². The Morgan fingerprint density at radius 3 is 3.13 bits per heavy atom. The lowest BCUT2D eigenvalue weighted by atomic mass is 10.2. The SMILES string of the molecule is Clc1cccc(C=NNc2nccs2)c1. The minimum atomic E-state index is 0.702. The predicted octanol–water partition coefficient (Wildman–Crippen LogP) is 3.24. The molecule has 0 aliphatic heterocycles. The molecule has 0 spiro atoms. The van der Waals surface area contributed by atoms with Crippen LogP contribution in [-0.2, 0) is 0 Å². The molecule has 0 aliphatic carbocycles. The van der Waals surface area contributed by atoms with E-state index in [2.05, 4.69) is 15.5 Å². The van der Waals surface area contributed by atoms with Gasteiger partial charge in [-0.05, 0) is 17.7 Å². The van der Waals surface area contributed by atoms with E-state index >= 15 is 0 Å². The molecule has 1 N–H and O–H groups in total. The number of nitrogens with one attached hydrogen (secondary N) is 1. The lowest BCUT2D eigenvalue weighted by molar-refractivity contribution is 1.29. The number of hydrogen-bond donors (Lipinski definition) is 1. The first-order valence-corrected chi connectivity index (χ1v) is 5.54. The second-order valence-corrected chi connectivity index (χ2v) is 4.09. The lowest BCUT2D eigenvalue weighted by Crippen LogP contribution is -1.89. The highest BCUT2D eigenvalue weighted by Crippen LogP contribution is 2.11. The van der Waals surface area contributed by atoms with Gasteiger partial charge >= 0.3 is 0 Å². The van der Waals surface area contributed by atoms with Gasteiger partial charge in [0.1, 0.15) is 0 Å². The van der Waals surface area contributed by atoms with E-state index in [-0.39, 0.29) is 0 Å². The van der Waals surface area contributed by atoms with Crippen LogP contribution >= 0.6 is 22.9 Å². The van der Waals surface area contributed by atoms with E-state index in [1.54, 1.807) is 12.4 Å². The number of nitrogens with zero attached hydrogens (tertiary/aromatic N) is 2. The summed E-state index contributed by atoms with van der Waals surface area (Å²) in [4.78, 5) is 4.03. The van der Waals surface area contributed by atoms with E-state index in [0.717, 1.165) is 10.7 Å². The van der Waals surface area contributed by atoms with Crippen LogP contribution in [0.25, 0.3) is 0 Å². The molecule has 0 fully saturated rings. The Hall–Kier alpha value is -1.39. The Morgan fingerprint density at radius 1 is 1.47 bits per heavy atom. The van der Waals surface area contributed by atoms with Crippen LogP contribution in [0, 0.1) is 0 Å². The van der Waals surface area contributed by atoms with Gasteiger partial charge in [0.05, 0.1) is 6.21 Å². The van der Waals surface area contributed by atoms with Gasteiger partial charge in [0.15, 0.2) is 0 Å². The molecule has 15 heavy (non-hydrogen) atoms. The number of thiazole rings is 1. The minimum absolute atomic E-state index is 0.702. The zero-order chi connectivity index (χ0) is 10.5. The third kappa shape index (κ3) is 3.04. The largest absolute Gasteiger partial charge is 0.253 e. The number of rotatable bonds is 3. The molecule has 0 atom stereocenters. The molecule has 1 heterocycles. The Balaban J connectivity index is 2.00. The van der Waals surface area contributed by atoms with Crippen LogP contribution in [0.4, 0.5) is 5.13 Å². The van der Waals surface area contributed by atoms with E-state index in [4.69, 9.17) is 11.6 Å². The highest BCUT2D eigenvalue weighted by molar-refractivity contribution is 7.13. The van der Waals surface area contributed by atoms with Gasteiger partial charge in [-0.2, -0.15) is 5.10 Å². The van der Waals surface area contributed by atoms with Crippen LogP contribution < -0.4 is 5.43 Å². The second kappa shape index (κ2) is 4.91. The maximum Gasteiger partial charge on any atom is 0.203 e. The molecular weight excluding hydrogens is 230 g/mol. The van der Waals surface area contributed by atoms with Crippen LogP contribution in [0.1, 0.15) is 5.56 Å². The summed E-state index contributed by atoms with van der Waals surface area (Å²) in [5.41, 5.74) is 3.78. The summed E-state index contributed by atoms with van der Waals surface area (Å²) in [6.45, 7) is 0. The van der Waals surface area contributed by atoms with Crippen LogP contribution in [0.5, 0.6) is 0 Å². The molecule has 0 radical (unpaired) electrons. The topological polar surface area (TPSA) is 37.3 Å². The molecule has 0 saturated carbocycles. The van der Waals surface area contributed by atoms with Crippen molar-refractivity contribution >= 4 is 34.3 Å². The number of hydrogen-bond acceptors (Lipinski definition) is 4. The molecular formula is C10H8ClN3S. The van der Waals surface area contributed by atoms with Crippen molar-refractivity contribution in [3.63, 3.8) is 0 Å². The van der Waals surface area contributed by atoms with E-state index in [1.165, 1.54) is 11.3 Å². The molecule has 1 aromatic carbocycles. The van der Waals surface area contributed by atoms with Crippen molar-refractivity contribution in [2.75, 3.05) is 5.43 Å². The minimum Gasteiger partial charge on any atom is -0.253 e. The third-order valence-corrected chi connectivity index (χ3v) is 2.57. The molecule has 0 bridgehead atoms. The van der Waals surface area contributed by atoms with Crippen LogP contribution in [0.15, 0.2) is 40.9 Å². The Labute approximate surface area is 96.4 Å². The Morgan fingerprint density at radius 2 is 2.40 bits per heavy atom. The fourth-order valence-electron chi connectivity index (χ4n) is 1.03. The number of halogens is 1. The number of benzene rings is 1. The zero-order valence-corrected chi connectivity index (χ0v) is 9.29. The molecule has 0 unspecified atom stereocenters. The summed E-state index contributed by atoms with van der Waals surface area (Å²) in [5, 5.41) is 7.40. The summed E-state index contributed by atoms with van der Waals surface area (Å²) in [5.74, 6) is 0. The first-order valence-electron chi connectivity index (χ1n) is 4.29. The summed E-state index contributed by atoms with van der Waals surface area (Å²) in [6.07, 6.45) is 3.43. The maximum absolute atomic E-state index is 5.83. The van der Waals surface area contributed by atoms with Crippen molar-refractivity contribution in [3.05, 3.63) is 46.4 Å². The molecule has 3 nitrogen and oxygen atoms in total. The van der Waals surface area contributed by atoms with Crippen molar-refractivity contribution in [1.82, 2.24) is 4.98 Å². The van der Waals surface area contributed by atoms with Gasteiger partial charge in [-0.15, -0.1) is 11.3 Å². The summed E-state index contributed by atoms with van der Waals surface area (Å²) < 4.78 is 0. The van der Waals surface area contributed by atoms with E-state index in [1.807, 2.05) is 29.6 Å². The third-order valence-electron chi connectivity index (χ3n) is 1.65. The van der Waals surface area contributed by atoms with Crippen LogP contribution in [0.2, 0.25) is 5.02 Å². The molecule has 0 saturated heterocycles. The van der Waals surface area contributed by atoms with Crippen molar-refractivity contribution in [1.29, 1.82) is 0 Å². The summed E-state index contributed by atoms with van der Waals surface area (Å²) >= 11 is 7.33. The van der Waals surface area contributed by atoms with Gasteiger partial charge in [0, 0.05) is 16.6 Å². The van der Waals surface area contributed by atoms with Gasteiger partial charge < -0.3 is 0 Å². The van der Waals surface area contributed by atoms with Gasteiger partial charge in [0.2, 0.25) is 5.13 Å². The highest BCUT2D eigenvalue weighted by Gasteiger charge is 1.91. The standard InChI is InChI=1S/C10H8ClN3S/c11-9-3-1-2-8(6-9)7-13-14-10-12-4-5-15-10/h1-7H,(H,12,14). The average Bonchev–Trinajstić information content (AvgIpc) is 2.71. The first-order chi connectivity index (χ1) is 7.34. The smallest absolute Gasteiger partial charge is 0.203 e. The van der Waals surface area contributed by atoms with Crippen molar-refractivity contribution in [2.24, 2.45) is 5.10 Å². The van der Waals surface area contributed by atoms with Gasteiger partial charge in [-0.1, -0.05) is 23.7 Å². The number of hydrazone groups is 1. The molecule has 0 aliphatic rings. The average molecular weight is 238 g/mol. The predicted molar refractivity (Wildman–Crippen MR) is 64.8 cm³/mol. The second-order valence-electron chi connectivity index (χ2n) is 2.76. The van der Waals surface area contributed by atoms with Crippen molar-refractivity contribution in [2.45, 2.75) is 0 Å². The molecule has 1 aromatic heterocycles. The quantitative estimate of drug-likeness (QED) is 0.657. The van der Waals surface area contributed by atoms with Crippen molar-refractivity contribution in [3.8, 4) is 0 Å². The van der Waals surface area contributed by atoms with Crippen LogP contribution in [0.3, 0.4) is 0 Å². The lowest BCUT2D eigenvalue weighted by Gasteiger charge is -1.94. The molecule has 0 amide bonds. The maximum atomic E-state index is 5.83. The number of anilines is 1. The van der Waals surface area contributed by atoms with E-state index in [0.29, 0.717) is 5.02 Å². The molecule has 2 rings (SSSR count). The Bertz CT molecular complexity index is 453.